The van der Waals surface area contributed by atoms with E-state index in [-0.39, 0.29) is 24.3 Å². The van der Waals surface area contributed by atoms with Crippen molar-refractivity contribution in [3.05, 3.63) is 0 Å². The number of fused-ring (bicyclic) bond motifs is 1. The summed E-state index contributed by atoms with van der Waals surface area (Å²) < 4.78 is 11.3. The average molecular weight is 297 g/mol. The normalized spacial score (nSPS) is 36.1. The Morgan fingerprint density at radius 3 is 2.67 bits per heavy atom. The van der Waals surface area contributed by atoms with Crippen molar-refractivity contribution in [2.75, 3.05) is 19.7 Å². The van der Waals surface area contributed by atoms with Crippen molar-refractivity contribution in [2.45, 2.75) is 63.4 Å². The van der Waals surface area contributed by atoms with Gasteiger partial charge in [-0.1, -0.05) is 0 Å². The fraction of sp³-hybridized carbons (Fsp3) is 0.933. The Morgan fingerprint density at radius 1 is 1.29 bits per heavy atom. The van der Waals surface area contributed by atoms with E-state index in [2.05, 4.69) is 16.0 Å². The van der Waals surface area contributed by atoms with E-state index < -0.39 is 5.60 Å². The van der Waals surface area contributed by atoms with Gasteiger partial charge in [-0.05, 0) is 33.6 Å². The van der Waals surface area contributed by atoms with Gasteiger partial charge in [0.15, 0.2) is 0 Å². The number of ether oxygens (including phenoxy) is 2. The van der Waals surface area contributed by atoms with Crippen LogP contribution < -0.4 is 16.0 Å². The second-order valence-corrected chi connectivity index (χ2v) is 7.36. The van der Waals surface area contributed by atoms with Gasteiger partial charge in [-0.15, -0.1) is 0 Å². The second-order valence-electron chi connectivity index (χ2n) is 7.36. The minimum absolute atomic E-state index is 0.116. The molecule has 6 nitrogen and oxygen atoms in total. The minimum Gasteiger partial charge on any atom is -0.444 e. The molecule has 4 unspecified atom stereocenters. The number of carbonyl (C=O) groups is 1. The Kier molecular flexibility index (Phi) is 4.12. The topological polar surface area (TPSA) is 71.6 Å². The van der Waals surface area contributed by atoms with Gasteiger partial charge in [-0.25, -0.2) is 4.79 Å². The first-order valence-corrected chi connectivity index (χ1v) is 8.02. The predicted molar refractivity (Wildman–Crippen MR) is 79.2 cm³/mol. The highest BCUT2D eigenvalue weighted by Gasteiger charge is 2.53. The van der Waals surface area contributed by atoms with E-state index in [1.165, 1.54) is 0 Å². The summed E-state index contributed by atoms with van der Waals surface area (Å²) in [6.45, 7) is 8.47. The summed E-state index contributed by atoms with van der Waals surface area (Å²) in [5, 5.41) is 9.92. The van der Waals surface area contributed by atoms with Crippen molar-refractivity contribution < 1.29 is 14.3 Å². The molecule has 0 bridgehead atoms. The quantitative estimate of drug-likeness (QED) is 0.712. The van der Waals surface area contributed by atoms with Gasteiger partial charge in [0.25, 0.3) is 0 Å². The second kappa shape index (κ2) is 5.74. The van der Waals surface area contributed by atoms with E-state index >= 15 is 0 Å². The molecular weight excluding hydrogens is 270 g/mol. The SMILES string of the molecule is CC(C)(C)OC(=O)NC1C2CCCOC2C1NC1CNC1. The van der Waals surface area contributed by atoms with Crippen LogP contribution in [0.3, 0.4) is 0 Å². The average Bonchev–Trinajstić information content (AvgIpc) is 2.32. The smallest absolute Gasteiger partial charge is 0.407 e. The highest BCUT2D eigenvalue weighted by molar-refractivity contribution is 5.68. The zero-order valence-corrected chi connectivity index (χ0v) is 13.1. The molecule has 0 aromatic rings. The summed E-state index contributed by atoms with van der Waals surface area (Å²) in [6, 6.07) is 0.810. The molecule has 2 saturated heterocycles. The van der Waals surface area contributed by atoms with Crippen LogP contribution in [0.4, 0.5) is 4.79 Å². The molecule has 6 heteroatoms. The molecule has 0 aromatic heterocycles. The zero-order chi connectivity index (χ0) is 15.0. The lowest BCUT2D eigenvalue weighted by atomic mass is 9.68. The van der Waals surface area contributed by atoms with Crippen LogP contribution in [0.5, 0.6) is 0 Å². The number of hydrogen-bond acceptors (Lipinski definition) is 5. The van der Waals surface area contributed by atoms with Crippen LogP contribution in [0.1, 0.15) is 33.6 Å². The van der Waals surface area contributed by atoms with E-state index in [4.69, 9.17) is 9.47 Å². The van der Waals surface area contributed by atoms with Gasteiger partial charge in [0, 0.05) is 31.7 Å². The number of rotatable bonds is 3. The van der Waals surface area contributed by atoms with Gasteiger partial charge >= 0.3 is 6.09 Å². The van der Waals surface area contributed by atoms with Crippen LogP contribution in [-0.4, -0.2) is 55.6 Å². The first-order chi connectivity index (χ1) is 9.94. The number of nitrogens with one attached hydrogen (secondary N) is 3. The van der Waals surface area contributed by atoms with Crippen molar-refractivity contribution in [1.82, 2.24) is 16.0 Å². The molecule has 3 rings (SSSR count). The van der Waals surface area contributed by atoms with Crippen LogP contribution >= 0.6 is 0 Å². The molecule has 1 saturated carbocycles. The molecule has 1 aliphatic carbocycles. The van der Waals surface area contributed by atoms with Crippen molar-refractivity contribution in [1.29, 1.82) is 0 Å². The molecule has 0 spiro atoms. The number of alkyl carbamates (subject to hydrolysis) is 1. The first kappa shape index (κ1) is 15.1. The summed E-state index contributed by atoms with van der Waals surface area (Å²) in [7, 11) is 0. The molecular formula is C15H27N3O3. The van der Waals surface area contributed by atoms with Gasteiger partial charge in [0.1, 0.15) is 5.60 Å². The lowest BCUT2D eigenvalue weighted by Gasteiger charge is -2.55. The summed E-state index contributed by atoms with van der Waals surface area (Å²) in [5.74, 6) is 0.414. The van der Waals surface area contributed by atoms with Crippen molar-refractivity contribution in [3.63, 3.8) is 0 Å². The molecule has 3 fully saturated rings. The summed E-state index contributed by atoms with van der Waals surface area (Å²) in [6.07, 6.45) is 2.10. The lowest BCUT2D eigenvalue weighted by molar-refractivity contribution is -0.131. The maximum absolute atomic E-state index is 12.0. The van der Waals surface area contributed by atoms with Gasteiger partial charge < -0.3 is 25.4 Å². The number of carbonyl (C=O) groups excluding carboxylic acids is 1. The van der Waals surface area contributed by atoms with Crippen LogP contribution in [0, 0.1) is 5.92 Å². The maximum Gasteiger partial charge on any atom is 0.407 e. The third-order valence-electron chi connectivity index (χ3n) is 4.51. The molecule has 3 N–H and O–H groups in total. The molecule has 0 aromatic carbocycles. The van der Waals surface area contributed by atoms with E-state index in [0.717, 1.165) is 32.5 Å². The van der Waals surface area contributed by atoms with E-state index in [0.29, 0.717) is 12.0 Å². The van der Waals surface area contributed by atoms with Gasteiger partial charge in [-0.2, -0.15) is 0 Å². The summed E-state index contributed by atoms with van der Waals surface area (Å²) in [4.78, 5) is 12.0. The molecule has 120 valence electrons. The van der Waals surface area contributed by atoms with Crippen molar-refractivity contribution in [3.8, 4) is 0 Å². The Labute approximate surface area is 126 Å². The summed E-state index contributed by atoms with van der Waals surface area (Å²) >= 11 is 0. The standard InChI is InChI=1S/C15H27N3O3/c1-15(2,3)21-14(19)18-11-10-5-4-6-20-13(10)12(11)17-9-7-16-8-9/h9-13,16-17H,4-8H2,1-3H3,(H,18,19). The molecule has 3 aliphatic rings. The van der Waals surface area contributed by atoms with Gasteiger partial charge in [0.2, 0.25) is 0 Å². The van der Waals surface area contributed by atoms with Gasteiger partial charge in [-0.3, -0.25) is 0 Å². The van der Waals surface area contributed by atoms with Crippen LogP contribution in [0.25, 0.3) is 0 Å². The molecule has 0 radical (unpaired) electrons. The number of amides is 1. The monoisotopic (exact) mass is 297 g/mol. The molecule has 2 heterocycles. The fourth-order valence-corrected chi connectivity index (χ4v) is 3.42. The molecule has 2 aliphatic heterocycles. The molecule has 21 heavy (non-hydrogen) atoms. The predicted octanol–water partition coefficient (Wildman–Crippen LogP) is 0.619. The minimum atomic E-state index is -0.461. The first-order valence-electron chi connectivity index (χ1n) is 8.02. The Hall–Kier alpha value is -0.850. The Morgan fingerprint density at radius 2 is 2.05 bits per heavy atom. The van der Waals surface area contributed by atoms with Crippen molar-refractivity contribution >= 4 is 6.09 Å². The van der Waals surface area contributed by atoms with Crippen molar-refractivity contribution in [2.24, 2.45) is 5.92 Å². The van der Waals surface area contributed by atoms with Crippen LogP contribution in [0.15, 0.2) is 0 Å². The highest BCUT2D eigenvalue weighted by Crippen LogP contribution is 2.38. The Bertz CT molecular complexity index is 392. The largest absolute Gasteiger partial charge is 0.444 e. The third kappa shape index (κ3) is 3.33. The highest BCUT2D eigenvalue weighted by atomic mass is 16.6. The van der Waals surface area contributed by atoms with Crippen LogP contribution in [0.2, 0.25) is 0 Å². The maximum atomic E-state index is 12.0. The van der Waals surface area contributed by atoms with Gasteiger partial charge in [0.05, 0.1) is 18.2 Å². The van der Waals surface area contributed by atoms with E-state index in [1.807, 2.05) is 20.8 Å². The summed E-state index contributed by atoms with van der Waals surface area (Å²) in [5.41, 5.74) is -0.461. The van der Waals surface area contributed by atoms with E-state index in [9.17, 15) is 4.79 Å². The fourth-order valence-electron chi connectivity index (χ4n) is 3.42. The zero-order valence-electron chi connectivity index (χ0n) is 13.1. The van der Waals surface area contributed by atoms with Crippen LogP contribution in [-0.2, 0) is 9.47 Å². The Balaban J connectivity index is 1.58. The lowest BCUT2D eigenvalue weighted by Crippen LogP contribution is -2.76. The van der Waals surface area contributed by atoms with E-state index in [1.54, 1.807) is 0 Å². The molecule has 4 atom stereocenters. The number of hydrogen-bond donors (Lipinski definition) is 3. The third-order valence-corrected chi connectivity index (χ3v) is 4.51. The molecule has 1 amide bonds.